The number of halogens is 1. The first-order valence-corrected chi connectivity index (χ1v) is 7.96. The maximum absolute atomic E-state index is 5.93. The van der Waals surface area contributed by atoms with Crippen molar-refractivity contribution in [1.29, 1.82) is 0 Å². The van der Waals surface area contributed by atoms with Crippen LogP contribution in [0.5, 0.6) is 5.75 Å². The largest absolute Gasteiger partial charge is 0.493 e. The number of unbranched alkanes of at least 4 members (excludes halogenated alkanes) is 3. The smallest absolute Gasteiger partial charge is 0.123 e. The number of hydrogen-bond donors (Lipinski definition) is 0. The first-order valence-electron chi connectivity index (χ1n) is 6.84. The Hall–Kier alpha value is -0.500. The zero-order valence-corrected chi connectivity index (χ0v) is 13.4. The molecule has 1 rings (SSSR count). The number of ether oxygens (including phenoxy) is 1. The Morgan fingerprint density at radius 1 is 1.00 bits per heavy atom. The Morgan fingerprint density at radius 3 is 2.33 bits per heavy atom. The highest BCUT2D eigenvalue weighted by Gasteiger charge is 2.17. The molecule has 0 bridgehead atoms. The summed E-state index contributed by atoms with van der Waals surface area (Å²) in [6.45, 7) is 7.51. The molecule has 0 fully saturated rings. The molecule has 0 aliphatic carbocycles. The fraction of sp³-hybridized carbons (Fsp3) is 0.625. The molecule has 0 atom stereocenters. The topological polar surface area (TPSA) is 9.23 Å². The van der Waals surface area contributed by atoms with Gasteiger partial charge >= 0.3 is 0 Å². The Balaban J connectivity index is 2.43. The summed E-state index contributed by atoms with van der Waals surface area (Å²) >= 11 is 3.46. The molecule has 1 aromatic carbocycles. The summed E-state index contributed by atoms with van der Waals surface area (Å²) < 4.78 is 5.93. The lowest BCUT2D eigenvalue weighted by molar-refractivity contribution is 0.297. The van der Waals surface area contributed by atoms with Crippen molar-refractivity contribution in [2.45, 2.75) is 51.9 Å². The van der Waals surface area contributed by atoms with Gasteiger partial charge in [0.1, 0.15) is 5.75 Å². The molecule has 0 heterocycles. The normalized spacial score (nSPS) is 11.6. The molecule has 0 spiro atoms. The van der Waals surface area contributed by atoms with Crippen LogP contribution >= 0.6 is 15.9 Å². The molecule has 0 aliphatic rings. The Bertz CT molecular complexity index is 341. The lowest BCUT2D eigenvalue weighted by Gasteiger charge is -2.22. The van der Waals surface area contributed by atoms with E-state index in [9.17, 15) is 0 Å². The second-order valence-electron chi connectivity index (χ2n) is 5.70. The van der Waals surface area contributed by atoms with Crippen LogP contribution in [0.25, 0.3) is 0 Å². The zero-order chi connectivity index (χ0) is 13.4. The minimum Gasteiger partial charge on any atom is -0.493 e. The molecule has 0 aromatic heterocycles. The Kier molecular flexibility index (Phi) is 6.77. The average molecular weight is 313 g/mol. The van der Waals surface area contributed by atoms with Crippen molar-refractivity contribution in [1.82, 2.24) is 0 Å². The van der Waals surface area contributed by atoms with Crippen molar-refractivity contribution in [3.63, 3.8) is 0 Å². The van der Waals surface area contributed by atoms with Gasteiger partial charge in [-0.2, -0.15) is 0 Å². The van der Waals surface area contributed by atoms with Crippen LogP contribution in [0.4, 0.5) is 0 Å². The maximum Gasteiger partial charge on any atom is 0.123 e. The van der Waals surface area contributed by atoms with Gasteiger partial charge in [0, 0.05) is 5.33 Å². The molecular formula is C16H25BrO. The van der Waals surface area contributed by atoms with Gasteiger partial charge < -0.3 is 4.74 Å². The molecule has 1 aromatic rings. The van der Waals surface area contributed by atoms with E-state index in [1.807, 2.05) is 0 Å². The molecule has 2 heteroatoms. The van der Waals surface area contributed by atoms with Crippen LogP contribution in [0.15, 0.2) is 24.3 Å². The van der Waals surface area contributed by atoms with Gasteiger partial charge in [0.15, 0.2) is 0 Å². The zero-order valence-electron chi connectivity index (χ0n) is 11.8. The summed E-state index contributed by atoms with van der Waals surface area (Å²) in [5, 5.41) is 1.11. The monoisotopic (exact) mass is 312 g/mol. The lowest BCUT2D eigenvalue weighted by Crippen LogP contribution is -2.13. The summed E-state index contributed by atoms with van der Waals surface area (Å²) in [5.41, 5.74) is 1.44. The molecule has 102 valence electrons. The standard InChI is InChI=1S/C16H25BrO/c1-16(2,3)14-10-6-7-11-15(14)18-13-9-5-4-8-12-17/h6-7,10-11H,4-5,8-9,12-13H2,1-3H3. The van der Waals surface area contributed by atoms with Crippen LogP contribution < -0.4 is 4.74 Å². The van der Waals surface area contributed by atoms with Gasteiger partial charge in [0.25, 0.3) is 0 Å². The van der Waals surface area contributed by atoms with Crippen molar-refractivity contribution in [2.24, 2.45) is 0 Å². The van der Waals surface area contributed by atoms with E-state index >= 15 is 0 Å². The minimum atomic E-state index is 0.145. The van der Waals surface area contributed by atoms with Crippen molar-refractivity contribution in [3.05, 3.63) is 29.8 Å². The first kappa shape index (κ1) is 15.6. The molecule has 0 saturated carbocycles. The third kappa shape index (κ3) is 5.43. The van der Waals surface area contributed by atoms with Crippen LogP contribution in [0.1, 0.15) is 52.0 Å². The molecule has 0 N–H and O–H groups in total. The van der Waals surface area contributed by atoms with Crippen molar-refractivity contribution < 1.29 is 4.74 Å². The highest BCUT2D eigenvalue weighted by atomic mass is 79.9. The molecule has 18 heavy (non-hydrogen) atoms. The summed E-state index contributed by atoms with van der Waals surface area (Å²) in [5.74, 6) is 1.05. The number of alkyl halides is 1. The predicted molar refractivity (Wildman–Crippen MR) is 82.9 cm³/mol. The van der Waals surface area contributed by atoms with E-state index in [0.717, 1.165) is 24.1 Å². The Labute approximate surface area is 120 Å². The Morgan fingerprint density at radius 2 is 1.67 bits per heavy atom. The molecule has 1 nitrogen and oxygen atoms in total. The lowest BCUT2D eigenvalue weighted by atomic mass is 9.86. The van der Waals surface area contributed by atoms with Gasteiger partial charge in [0.05, 0.1) is 6.61 Å². The van der Waals surface area contributed by atoms with Gasteiger partial charge in [-0.1, -0.05) is 67.7 Å². The maximum atomic E-state index is 5.93. The van der Waals surface area contributed by atoms with Crippen molar-refractivity contribution in [3.8, 4) is 5.75 Å². The molecule has 0 amide bonds. The minimum absolute atomic E-state index is 0.145. The van der Waals surface area contributed by atoms with E-state index in [1.54, 1.807) is 0 Å². The van der Waals surface area contributed by atoms with Crippen molar-refractivity contribution in [2.75, 3.05) is 11.9 Å². The number of benzene rings is 1. The SMILES string of the molecule is CC(C)(C)c1ccccc1OCCCCCCBr. The number of rotatable bonds is 7. The second kappa shape index (κ2) is 7.83. The van der Waals surface area contributed by atoms with Crippen LogP contribution in [-0.4, -0.2) is 11.9 Å². The van der Waals surface area contributed by atoms with Crippen molar-refractivity contribution >= 4 is 15.9 Å². The number of hydrogen-bond acceptors (Lipinski definition) is 1. The van der Waals surface area contributed by atoms with Gasteiger partial charge in [-0.3, -0.25) is 0 Å². The van der Waals surface area contributed by atoms with E-state index in [2.05, 4.69) is 61.0 Å². The van der Waals surface area contributed by atoms with E-state index in [0.29, 0.717) is 0 Å². The molecule has 0 radical (unpaired) electrons. The van der Waals surface area contributed by atoms with Gasteiger partial charge in [-0.25, -0.2) is 0 Å². The predicted octanol–water partition coefficient (Wildman–Crippen LogP) is 5.32. The molecule has 0 unspecified atom stereocenters. The summed E-state index contributed by atoms with van der Waals surface area (Å²) in [6, 6.07) is 8.39. The second-order valence-corrected chi connectivity index (χ2v) is 6.49. The fourth-order valence-electron chi connectivity index (χ4n) is 1.94. The van der Waals surface area contributed by atoms with E-state index in [-0.39, 0.29) is 5.41 Å². The molecular weight excluding hydrogens is 288 g/mol. The van der Waals surface area contributed by atoms with E-state index in [1.165, 1.54) is 24.8 Å². The van der Waals surface area contributed by atoms with E-state index < -0.39 is 0 Å². The van der Waals surface area contributed by atoms with Crippen LogP contribution in [0.2, 0.25) is 0 Å². The third-order valence-corrected chi connectivity index (χ3v) is 3.54. The van der Waals surface area contributed by atoms with Gasteiger partial charge in [0.2, 0.25) is 0 Å². The van der Waals surface area contributed by atoms with Crippen LogP contribution in [0.3, 0.4) is 0 Å². The quantitative estimate of drug-likeness (QED) is 0.489. The summed E-state index contributed by atoms with van der Waals surface area (Å²) in [4.78, 5) is 0. The number of para-hydroxylation sites is 1. The third-order valence-electron chi connectivity index (χ3n) is 2.98. The summed E-state index contributed by atoms with van der Waals surface area (Å²) in [7, 11) is 0. The van der Waals surface area contributed by atoms with Gasteiger partial charge in [-0.15, -0.1) is 0 Å². The summed E-state index contributed by atoms with van der Waals surface area (Å²) in [6.07, 6.45) is 4.95. The first-order chi connectivity index (χ1) is 8.55. The highest BCUT2D eigenvalue weighted by molar-refractivity contribution is 9.09. The van der Waals surface area contributed by atoms with Crippen LogP contribution in [0, 0.1) is 0 Å². The molecule has 0 saturated heterocycles. The van der Waals surface area contributed by atoms with Gasteiger partial charge in [-0.05, 0) is 29.9 Å². The fourth-order valence-corrected chi connectivity index (χ4v) is 2.34. The average Bonchev–Trinajstić information content (AvgIpc) is 2.33. The highest BCUT2D eigenvalue weighted by Crippen LogP contribution is 2.30. The van der Waals surface area contributed by atoms with Crippen LogP contribution in [-0.2, 0) is 5.41 Å². The molecule has 0 aliphatic heterocycles. The van der Waals surface area contributed by atoms with E-state index in [4.69, 9.17) is 4.74 Å².